The van der Waals surface area contributed by atoms with E-state index in [1.54, 1.807) is 0 Å². The van der Waals surface area contributed by atoms with Crippen molar-refractivity contribution in [1.82, 2.24) is 0 Å². The SMILES string of the molecule is CC(C)CCCCCCCCCCCCCCCOC(=O)[C@@H](C)O. The third-order valence-corrected chi connectivity index (χ3v) is 4.51. The summed E-state index contributed by atoms with van der Waals surface area (Å²) in [6, 6.07) is 0. The lowest BCUT2D eigenvalue weighted by Crippen LogP contribution is -2.19. The van der Waals surface area contributed by atoms with Crippen molar-refractivity contribution < 1.29 is 14.6 Å². The third kappa shape index (κ3) is 17.8. The lowest BCUT2D eigenvalue weighted by molar-refractivity contribution is -0.152. The molecule has 0 rings (SSSR count). The molecule has 0 aromatic heterocycles. The molecule has 0 spiro atoms. The summed E-state index contributed by atoms with van der Waals surface area (Å²) in [6.45, 7) is 6.51. The average molecular weight is 343 g/mol. The Hall–Kier alpha value is -0.570. The van der Waals surface area contributed by atoms with Crippen LogP contribution in [-0.2, 0) is 9.53 Å². The fraction of sp³-hybridized carbons (Fsp3) is 0.952. The van der Waals surface area contributed by atoms with E-state index in [0.29, 0.717) is 6.61 Å². The van der Waals surface area contributed by atoms with Gasteiger partial charge in [0.2, 0.25) is 0 Å². The Labute approximate surface area is 150 Å². The van der Waals surface area contributed by atoms with Crippen LogP contribution < -0.4 is 0 Å². The van der Waals surface area contributed by atoms with Crippen LogP contribution in [0, 0.1) is 5.92 Å². The lowest BCUT2D eigenvalue weighted by Gasteiger charge is -2.06. The van der Waals surface area contributed by atoms with Gasteiger partial charge in [-0.2, -0.15) is 0 Å². The summed E-state index contributed by atoms with van der Waals surface area (Å²) in [6.07, 6.45) is 17.5. The predicted octanol–water partition coefficient (Wildman–Crippen LogP) is 6.03. The van der Waals surface area contributed by atoms with Crippen molar-refractivity contribution in [2.45, 2.75) is 117 Å². The molecular formula is C21H42O3. The second-order valence-electron chi connectivity index (χ2n) is 7.62. The van der Waals surface area contributed by atoms with E-state index in [4.69, 9.17) is 9.84 Å². The molecule has 0 aromatic carbocycles. The van der Waals surface area contributed by atoms with Gasteiger partial charge in [0.15, 0.2) is 0 Å². The Kier molecular flexibility index (Phi) is 16.8. The van der Waals surface area contributed by atoms with E-state index >= 15 is 0 Å². The average Bonchev–Trinajstić information content (AvgIpc) is 2.53. The van der Waals surface area contributed by atoms with Gasteiger partial charge >= 0.3 is 5.97 Å². The van der Waals surface area contributed by atoms with Gasteiger partial charge in [0.1, 0.15) is 6.10 Å². The molecule has 0 heterocycles. The number of hydrogen-bond acceptors (Lipinski definition) is 3. The number of unbranched alkanes of at least 4 members (excludes halogenated alkanes) is 12. The highest BCUT2D eigenvalue weighted by Gasteiger charge is 2.08. The van der Waals surface area contributed by atoms with Crippen LogP contribution in [0.1, 0.15) is 111 Å². The van der Waals surface area contributed by atoms with E-state index in [0.717, 1.165) is 18.8 Å². The van der Waals surface area contributed by atoms with Gasteiger partial charge in [0.05, 0.1) is 6.61 Å². The summed E-state index contributed by atoms with van der Waals surface area (Å²) < 4.78 is 4.93. The minimum atomic E-state index is -0.995. The number of rotatable bonds is 17. The lowest BCUT2D eigenvalue weighted by atomic mass is 10.0. The normalized spacial score (nSPS) is 12.5. The zero-order valence-corrected chi connectivity index (χ0v) is 16.5. The summed E-state index contributed by atoms with van der Waals surface area (Å²) >= 11 is 0. The molecule has 0 aliphatic carbocycles. The van der Waals surface area contributed by atoms with Gasteiger partial charge in [-0.1, -0.05) is 97.3 Å². The van der Waals surface area contributed by atoms with Crippen LogP contribution in [-0.4, -0.2) is 23.8 Å². The Morgan fingerprint density at radius 1 is 0.708 bits per heavy atom. The van der Waals surface area contributed by atoms with Gasteiger partial charge in [0, 0.05) is 0 Å². The van der Waals surface area contributed by atoms with Crippen LogP contribution in [0.5, 0.6) is 0 Å². The largest absolute Gasteiger partial charge is 0.464 e. The zero-order valence-electron chi connectivity index (χ0n) is 16.5. The molecule has 3 heteroatoms. The minimum Gasteiger partial charge on any atom is -0.464 e. The highest BCUT2D eigenvalue weighted by Crippen LogP contribution is 2.14. The van der Waals surface area contributed by atoms with Crippen LogP contribution >= 0.6 is 0 Å². The first-order valence-corrected chi connectivity index (χ1v) is 10.4. The number of aliphatic hydroxyl groups is 1. The number of esters is 1. The van der Waals surface area contributed by atoms with E-state index < -0.39 is 12.1 Å². The number of ether oxygens (including phenoxy) is 1. The second-order valence-corrected chi connectivity index (χ2v) is 7.62. The zero-order chi connectivity index (χ0) is 18.0. The topological polar surface area (TPSA) is 46.5 Å². The van der Waals surface area contributed by atoms with Crippen molar-refractivity contribution in [3.05, 3.63) is 0 Å². The molecular weight excluding hydrogens is 300 g/mol. The van der Waals surface area contributed by atoms with Crippen molar-refractivity contribution in [2.75, 3.05) is 6.61 Å². The molecule has 0 aliphatic heterocycles. The molecule has 0 bridgehead atoms. The Morgan fingerprint density at radius 2 is 1.08 bits per heavy atom. The molecule has 0 radical (unpaired) electrons. The Morgan fingerprint density at radius 3 is 1.46 bits per heavy atom. The van der Waals surface area contributed by atoms with Crippen molar-refractivity contribution >= 4 is 5.97 Å². The van der Waals surface area contributed by atoms with E-state index in [9.17, 15) is 4.79 Å². The quantitative estimate of drug-likeness (QED) is 0.259. The van der Waals surface area contributed by atoms with Gasteiger partial charge < -0.3 is 9.84 Å². The van der Waals surface area contributed by atoms with Crippen molar-refractivity contribution in [1.29, 1.82) is 0 Å². The molecule has 0 aliphatic rings. The van der Waals surface area contributed by atoms with Crippen molar-refractivity contribution in [2.24, 2.45) is 5.92 Å². The Bertz CT molecular complexity index is 274. The maximum Gasteiger partial charge on any atom is 0.334 e. The van der Waals surface area contributed by atoms with Gasteiger partial charge in [-0.15, -0.1) is 0 Å². The van der Waals surface area contributed by atoms with Crippen LogP contribution in [0.2, 0.25) is 0 Å². The molecule has 1 N–H and O–H groups in total. The first-order valence-electron chi connectivity index (χ1n) is 10.4. The summed E-state index contributed by atoms with van der Waals surface area (Å²) in [5.74, 6) is 0.360. The van der Waals surface area contributed by atoms with Gasteiger partial charge in [-0.05, 0) is 19.3 Å². The van der Waals surface area contributed by atoms with E-state index in [-0.39, 0.29) is 0 Å². The van der Waals surface area contributed by atoms with Crippen molar-refractivity contribution in [3.63, 3.8) is 0 Å². The van der Waals surface area contributed by atoms with Crippen LogP contribution in [0.3, 0.4) is 0 Å². The molecule has 1 atom stereocenters. The summed E-state index contributed by atoms with van der Waals surface area (Å²) in [5, 5.41) is 8.98. The number of aliphatic hydroxyl groups excluding tert-OH is 1. The standard InChI is InChI=1S/C21H42O3/c1-19(2)17-15-13-11-9-7-5-4-6-8-10-12-14-16-18-24-21(23)20(3)22/h19-20,22H,4-18H2,1-3H3/t20-/m1/s1. The molecule has 0 aromatic rings. The number of carbonyl (C=O) groups excluding carboxylic acids is 1. The smallest absolute Gasteiger partial charge is 0.334 e. The molecule has 24 heavy (non-hydrogen) atoms. The van der Waals surface area contributed by atoms with Gasteiger partial charge in [-0.3, -0.25) is 0 Å². The monoisotopic (exact) mass is 342 g/mol. The predicted molar refractivity (Wildman–Crippen MR) is 102 cm³/mol. The van der Waals surface area contributed by atoms with Crippen molar-refractivity contribution in [3.8, 4) is 0 Å². The van der Waals surface area contributed by atoms with Crippen LogP contribution in [0.15, 0.2) is 0 Å². The van der Waals surface area contributed by atoms with E-state index in [1.807, 2.05) is 0 Å². The Balaban J connectivity index is 3.06. The number of hydrogen-bond donors (Lipinski definition) is 1. The number of carbonyl (C=O) groups is 1. The van der Waals surface area contributed by atoms with Crippen LogP contribution in [0.25, 0.3) is 0 Å². The highest BCUT2D eigenvalue weighted by atomic mass is 16.5. The van der Waals surface area contributed by atoms with Gasteiger partial charge in [0.25, 0.3) is 0 Å². The molecule has 0 fully saturated rings. The fourth-order valence-corrected chi connectivity index (χ4v) is 2.89. The highest BCUT2D eigenvalue weighted by molar-refractivity contribution is 5.73. The van der Waals surface area contributed by atoms with E-state index in [1.165, 1.54) is 84.0 Å². The third-order valence-electron chi connectivity index (χ3n) is 4.51. The maximum absolute atomic E-state index is 11.0. The van der Waals surface area contributed by atoms with E-state index in [2.05, 4.69) is 13.8 Å². The fourth-order valence-electron chi connectivity index (χ4n) is 2.89. The molecule has 0 saturated heterocycles. The maximum atomic E-state index is 11.0. The summed E-state index contributed by atoms with van der Waals surface area (Å²) in [7, 11) is 0. The summed E-state index contributed by atoms with van der Waals surface area (Å²) in [5.41, 5.74) is 0. The molecule has 0 amide bonds. The molecule has 0 saturated carbocycles. The second kappa shape index (κ2) is 17.3. The minimum absolute atomic E-state index is 0.445. The van der Waals surface area contributed by atoms with Crippen LogP contribution in [0.4, 0.5) is 0 Å². The molecule has 3 nitrogen and oxygen atoms in total. The first kappa shape index (κ1) is 23.4. The summed E-state index contributed by atoms with van der Waals surface area (Å²) in [4.78, 5) is 11.0. The first-order chi connectivity index (χ1) is 11.5. The van der Waals surface area contributed by atoms with Gasteiger partial charge in [-0.25, -0.2) is 4.79 Å². The molecule has 144 valence electrons. The molecule has 0 unspecified atom stereocenters.